The molecule has 0 radical (unpaired) electrons. The van der Waals surface area contributed by atoms with Crippen molar-refractivity contribution in [3.63, 3.8) is 0 Å². The Morgan fingerprint density at radius 2 is 1.81 bits per heavy atom. The normalized spacial score (nSPS) is 18.9. The molecule has 1 fully saturated rings. The van der Waals surface area contributed by atoms with Crippen LogP contribution >= 0.6 is 11.6 Å². The molecule has 4 heteroatoms. The van der Waals surface area contributed by atoms with Gasteiger partial charge in [-0.15, -0.1) is 11.6 Å². The van der Waals surface area contributed by atoms with E-state index >= 15 is 0 Å². The first-order chi connectivity index (χ1) is 7.74. The SMILES string of the molecule is Fc1ccc(CC2(CCCl)OCCO2)cc1. The fourth-order valence-electron chi connectivity index (χ4n) is 1.89. The van der Waals surface area contributed by atoms with Crippen LogP contribution < -0.4 is 0 Å². The topological polar surface area (TPSA) is 18.5 Å². The summed E-state index contributed by atoms with van der Waals surface area (Å²) in [6.07, 6.45) is 1.26. The Morgan fingerprint density at radius 1 is 1.19 bits per heavy atom. The van der Waals surface area contributed by atoms with Crippen LogP contribution in [-0.2, 0) is 15.9 Å². The predicted octanol–water partition coefficient (Wildman–Crippen LogP) is 2.74. The quantitative estimate of drug-likeness (QED) is 0.759. The van der Waals surface area contributed by atoms with E-state index in [9.17, 15) is 4.39 Å². The van der Waals surface area contributed by atoms with Crippen LogP contribution in [0.2, 0.25) is 0 Å². The van der Waals surface area contributed by atoms with E-state index in [1.54, 1.807) is 12.1 Å². The van der Waals surface area contributed by atoms with E-state index < -0.39 is 5.79 Å². The average Bonchev–Trinajstić information content (AvgIpc) is 2.71. The lowest BCUT2D eigenvalue weighted by Gasteiger charge is -2.26. The summed E-state index contributed by atoms with van der Waals surface area (Å²) in [7, 11) is 0. The van der Waals surface area contributed by atoms with E-state index in [1.807, 2.05) is 0 Å². The molecule has 16 heavy (non-hydrogen) atoms. The predicted molar refractivity (Wildman–Crippen MR) is 60.1 cm³/mol. The van der Waals surface area contributed by atoms with Gasteiger partial charge in [0.2, 0.25) is 0 Å². The van der Waals surface area contributed by atoms with Crippen LogP contribution in [0.4, 0.5) is 4.39 Å². The highest BCUT2D eigenvalue weighted by Gasteiger charge is 2.35. The van der Waals surface area contributed by atoms with Gasteiger partial charge in [-0.1, -0.05) is 12.1 Å². The van der Waals surface area contributed by atoms with Crippen molar-refractivity contribution in [3.8, 4) is 0 Å². The minimum absolute atomic E-state index is 0.233. The summed E-state index contributed by atoms with van der Waals surface area (Å²) in [6.45, 7) is 1.19. The number of ether oxygens (including phenoxy) is 2. The smallest absolute Gasteiger partial charge is 0.173 e. The zero-order valence-corrected chi connectivity index (χ0v) is 9.67. The molecule has 1 aromatic carbocycles. The number of halogens is 2. The van der Waals surface area contributed by atoms with Gasteiger partial charge in [-0.25, -0.2) is 4.39 Å². The van der Waals surface area contributed by atoms with Gasteiger partial charge < -0.3 is 9.47 Å². The van der Waals surface area contributed by atoms with Gasteiger partial charge >= 0.3 is 0 Å². The highest BCUT2D eigenvalue weighted by atomic mass is 35.5. The number of benzene rings is 1. The van der Waals surface area contributed by atoms with Crippen LogP contribution in [0.25, 0.3) is 0 Å². The lowest BCUT2D eigenvalue weighted by Crippen LogP contribution is -2.33. The van der Waals surface area contributed by atoms with E-state index in [-0.39, 0.29) is 5.82 Å². The monoisotopic (exact) mass is 244 g/mol. The Hall–Kier alpha value is -0.640. The molecule has 1 aliphatic heterocycles. The maximum absolute atomic E-state index is 12.8. The van der Waals surface area contributed by atoms with Crippen molar-refractivity contribution >= 4 is 11.6 Å². The zero-order valence-electron chi connectivity index (χ0n) is 8.92. The van der Waals surface area contributed by atoms with E-state index in [0.29, 0.717) is 31.9 Å². The molecule has 2 nitrogen and oxygen atoms in total. The third kappa shape index (κ3) is 2.73. The lowest BCUT2D eigenvalue weighted by molar-refractivity contribution is -0.157. The third-order valence-electron chi connectivity index (χ3n) is 2.68. The van der Waals surface area contributed by atoms with Crippen LogP contribution in [0.1, 0.15) is 12.0 Å². The first-order valence-electron chi connectivity index (χ1n) is 5.32. The van der Waals surface area contributed by atoms with Crippen molar-refractivity contribution in [1.29, 1.82) is 0 Å². The van der Waals surface area contributed by atoms with Gasteiger partial charge in [-0.2, -0.15) is 0 Å². The Balaban J connectivity index is 2.08. The molecule has 88 valence electrons. The maximum atomic E-state index is 12.8. The minimum Gasteiger partial charge on any atom is -0.347 e. The number of hydrogen-bond acceptors (Lipinski definition) is 2. The van der Waals surface area contributed by atoms with Gasteiger partial charge in [0.1, 0.15) is 5.82 Å². The first-order valence-corrected chi connectivity index (χ1v) is 5.86. The maximum Gasteiger partial charge on any atom is 0.173 e. The molecule has 0 amide bonds. The number of alkyl halides is 1. The van der Waals surface area contributed by atoms with Crippen molar-refractivity contribution < 1.29 is 13.9 Å². The second-order valence-electron chi connectivity index (χ2n) is 3.85. The fourth-order valence-corrected chi connectivity index (χ4v) is 2.18. The van der Waals surface area contributed by atoms with Crippen LogP contribution in [0.3, 0.4) is 0 Å². The Morgan fingerprint density at radius 3 is 2.38 bits per heavy atom. The summed E-state index contributed by atoms with van der Waals surface area (Å²) < 4.78 is 24.0. The molecular weight excluding hydrogens is 231 g/mol. The van der Waals surface area contributed by atoms with Crippen LogP contribution in [0.15, 0.2) is 24.3 Å². The van der Waals surface area contributed by atoms with Crippen LogP contribution in [0.5, 0.6) is 0 Å². The van der Waals surface area contributed by atoms with Crippen molar-refractivity contribution in [2.45, 2.75) is 18.6 Å². The molecule has 0 N–H and O–H groups in total. The zero-order chi connectivity index (χ0) is 11.4. The van der Waals surface area contributed by atoms with Crippen molar-refractivity contribution in [2.75, 3.05) is 19.1 Å². The van der Waals surface area contributed by atoms with Gasteiger partial charge in [0, 0.05) is 18.7 Å². The molecule has 1 saturated heterocycles. The van der Waals surface area contributed by atoms with Gasteiger partial charge in [-0.3, -0.25) is 0 Å². The van der Waals surface area contributed by atoms with Crippen LogP contribution in [-0.4, -0.2) is 24.9 Å². The summed E-state index contributed by atoms with van der Waals surface area (Å²) in [5.41, 5.74) is 0.994. The largest absolute Gasteiger partial charge is 0.347 e. The standard InChI is InChI=1S/C12H14ClFO2/c13-6-5-12(15-7-8-16-12)9-10-1-3-11(14)4-2-10/h1-4H,5-9H2. The molecule has 0 aliphatic carbocycles. The third-order valence-corrected chi connectivity index (χ3v) is 2.86. The van der Waals surface area contributed by atoms with E-state index in [4.69, 9.17) is 21.1 Å². The Kier molecular flexibility index (Phi) is 3.79. The second kappa shape index (κ2) is 5.13. The molecule has 1 aromatic rings. The summed E-state index contributed by atoms with van der Waals surface area (Å²) >= 11 is 5.74. The lowest BCUT2D eigenvalue weighted by atomic mass is 10.0. The molecule has 1 heterocycles. The van der Waals surface area contributed by atoms with E-state index in [1.165, 1.54) is 12.1 Å². The summed E-state index contributed by atoms with van der Waals surface area (Å²) in [5.74, 6) is -0.357. The van der Waals surface area contributed by atoms with Crippen molar-refractivity contribution in [3.05, 3.63) is 35.6 Å². The Bertz CT molecular complexity index is 333. The molecule has 0 aromatic heterocycles. The summed E-state index contributed by atoms with van der Waals surface area (Å²) in [5, 5.41) is 0. The molecule has 0 bridgehead atoms. The number of rotatable bonds is 4. The highest BCUT2D eigenvalue weighted by molar-refractivity contribution is 6.17. The first kappa shape index (κ1) is 11.8. The van der Waals surface area contributed by atoms with Crippen molar-refractivity contribution in [2.24, 2.45) is 0 Å². The molecule has 0 atom stereocenters. The van der Waals surface area contributed by atoms with Crippen LogP contribution in [0, 0.1) is 5.82 Å². The average molecular weight is 245 g/mol. The van der Waals surface area contributed by atoms with Gasteiger partial charge in [0.25, 0.3) is 0 Å². The fraction of sp³-hybridized carbons (Fsp3) is 0.500. The van der Waals surface area contributed by atoms with Gasteiger partial charge in [0.05, 0.1) is 13.2 Å². The van der Waals surface area contributed by atoms with Gasteiger partial charge in [0.15, 0.2) is 5.79 Å². The molecule has 2 rings (SSSR count). The molecule has 0 spiro atoms. The Labute approximate surface area is 99.3 Å². The molecule has 1 aliphatic rings. The van der Waals surface area contributed by atoms with Crippen molar-refractivity contribution in [1.82, 2.24) is 0 Å². The highest BCUT2D eigenvalue weighted by Crippen LogP contribution is 2.28. The second-order valence-corrected chi connectivity index (χ2v) is 4.23. The van der Waals surface area contributed by atoms with E-state index in [0.717, 1.165) is 5.56 Å². The summed E-state index contributed by atoms with van der Waals surface area (Å²) in [6, 6.07) is 6.38. The van der Waals surface area contributed by atoms with E-state index in [2.05, 4.69) is 0 Å². The molecule has 0 saturated carbocycles. The number of hydrogen-bond donors (Lipinski definition) is 0. The molecular formula is C12H14ClFO2. The minimum atomic E-state index is -0.612. The molecule has 0 unspecified atom stereocenters. The summed E-state index contributed by atoms with van der Waals surface area (Å²) in [4.78, 5) is 0. The van der Waals surface area contributed by atoms with Gasteiger partial charge in [-0.05, 0) is 17.7 Å².